The summed E-state index contributed by atoms with van der Waals surface area (Å²) in [6.45, 7) is 2.25. The highest BCUT2D eigenvalue weighted by Gasteiger charge is 2.25. The van der Waals surface area contributed by atoms with E-state index < -0.39 is 0 Å². The molecule has 0 spiro atoms. The third-order valence-electron chi connectivity index (χ3n) is 4.14. The molecule has 0 amide bonds. The molecule has 1 fully saturated rings. The minimum atomic E-state index is 0.297. The summed E-state index contributed by atoms with van der Waals surface area (Å²) in [7, 11) is 0. The maximum Gasteiger partial charge on any atom is 0.0765 e. The highest BCUT2D eigenvalue weighted by molar-refractivity contribution is 8.14. The SMILES string of the molecule is CCCCCC1=CN=C([C@H]2CC[C@H](C#N)CC2)SC1. The summed E-state index contributed by atoms with van der Waals surface area (Å²) in [5, 5.41) is 10.3. The van der Waals surface area contributed by atoms with Crippen molar-refractivity contribution in [1.29, 1.82) is 5.26 Å². The minimum absolute atomic E-state index is 0.297. The Bertz CT molecular complexity index is 384. The molecule has 2 aliphatic rings. The summed E-state index contributed by atoms with van der Waals surface area (Å²) in [5.41, 5.74) is 1.51. The van der Waals surface area contributed by atoms with Gasteiger partial charge < -0.3 is 0 Å². The number of hydrogen-bond acceptors (Lipinski definition) is 3. The minimum Gasteiger partial charge on any atom is -0.254 e. The number of nitrogens with zero attached hydrogens (tertiary/aromatic N) is 2. The lowest BCUT2D eigenvalue weighted by Gasteiger charge is -2.27. The van der Waals surface area contributed by atoms with Crippen molar-refractivity contribution >= 4 is 16.8 Å². The second kappa shape index (κ2) is 7.75. The number of hydrogen-bond donors (Lipinski definition) is 0. The van der Waals surface area contributed by atoms with E-state index in [1.165, 1.54) is 36.3 Å². The van der Waals surface area contributed by atoms with Crippen molar-refractivity contribution in [2.24, 2.45) is 16.8 Å². The Morgan fingerprint density at radius 3 is 2.68 bits per heavy atom. The molecule has 2 nitrogen and oxygen atoms in total. The summed E-state index contributed by atoms with van der Waals surface area (Å²) in [5.74, 6) is 2.06. The molecule has 0 bridgehead atoms. The molecule has 0 N–H and O–H groups in total. The predicted molar refractivity (Wildman–Crippen MR) is 83.2 cm³/mol. The van der Waals surface area contributed by atoms with Crippen LogP contribution in [-0.4, -0.2) is 10.8 Å². The van der Waals surface area contributed by atoms with Crippen LogP contribution in [0, 0.1) is 23.2 Å². The van der Waals surface area contributed by atoms with Crippen molar-refractivity contribution in [3.63, 3.8) is 0 Å². The van der Waals surface area contributed by atoms with Crippen LogP contribution in [0.3, 0.4) is 0 Å². The lowest BCUT2D eigenvalue weighted by molar-refractivity contribution is 0.380. The van der Waals surface area contributed by atoms with Gasteiger partial charge in [0.1, 0.15) is 0 Å². The van der Waals surface area contributed by atoms with Gasteiger partial charge in [0.15, 0.2) is 0 Å². The molecule has 2 rings (SSSR count). The van der Waals surface area contributed by atoms with Crippen LogP contribution in [0.15, 0.2) is 16.8 Å². The first-order valence-electron chi connectivity index (χ1n) is 7.61. The fraction of sp³-hybridized carbons (Fsp3) is 0.750. The van der Waals surface area contributed by atoms with Gasteiger partial charge in [-0.25, -0.2) is 0 Å². The molecule has 1 saturated carbocycles. The summed E-state index contributed by atoms with van der Waals surface area (Å²) < 4.78 is 0. The van der Waals surface area contributed by atoms with Gasteiger partial charge in [-0.3, -0.25) is 4.99 Å². The van der Waals surface area contributed by atoms with E-state index in [0.717, 1.165) is 31.4 Å². The quantitative estimate of drug-likeness (QED) is 0.668. The van der Waals surface area contributed by atoms with Crippen molar-refractivity contribution in [1.82, 2.24) is 0 Å². The van der Waals surface area contributed by atoms with Crippen LogP contribution < -0.4 is 0 Å². The Labute approximate surface area is 121 Å². The molecular formula is C16H24N2S. The van der Waals surface area contributed by atoms with Gasteiger partial charge in [-0.2, -0.15) is 5.26 Å². The first-order chi connectivity index (χ1) is 9.33. The zero-order chi connectivity index (χ0) is 13.5. The van der Waals surface area contributed by atoms with E-state index in [4.69, 9.17) is 10.3 Å². The maximum atomic E-state index is 8.93. The monoisotopic (exact) mass is 276 g/mol. The molecular weight excluding hydrogens is 252 g/mol. The molecule has 0 radical (unpaired) electrons. The Morgan fingerprint density at radius 2 is 2.11 bits per heavy atom. The van der Waals surface area contributed by atoms with Gasteiger partial charge in [-0.15, -0.1) is 11.8 Å². The smallest absolute Gasteiger partial charge is 0.0765 e. The van der Waals surface area contributed by atoms with Crippen LogP contribution in [-0.2, 0) is 0 Å². The van der Waals surface area contributed by atoms with Crippen LogP contribution in [0.25, 0.3) is 0 Å². The van der Waals surface area contributed by atoms with Crippen molar-refractivity contribution in [2.45, 2.75) is 58.3 Å². The van der Waals surface area contributed by atoms with Crippen LogP contribution >= 0.6 is 11.8 Å². The average Bonchev–Trinajstić information content (AvgIpc) is 2.48. The molecule has 3 heteroatoms. The van der Waals surface area contributed by atoms with E-state index in [2.05, 4.69) is 19.2 Å². The van der Waals surface area contributed by atoms with Gasteiger partial charge in [0.2, 0.25) is 0 Å². The lowest BCUT2D eigenvalue weighted by Crippen LogP contribution is -2.20. The fourth-order valence-corrected chi connectivity index (χ4v) is 3.98. The van der Waals surface area contributed by atoms with Crippen LogP contribution in [0.1, 0.15) is 58.3 Å². The maximum absolute atomic E-state index is 8.93. The number of rotatable bonds is 5. The van der Waals surface area contributed by atoms with Gasteiger partial charge in [-0.1, -0.05) is 19.8 Å². The molecule has 0 atom stereocenters. The lowest BCUT2D eigenvalue weighted by atomic mass is 9.83. The second-order valence-electron chi connectivity index (χ2n) is 5.68. The van der Waals surface area contributed by atoms with Gasteiger partial charge in [-0.05, 0) is 44.1 Å². The first kappa shape index (κ1) is 14.7. The van der Waals surface area contributed by atoms with E-state index in [1.807, 2.05) is 11.8 Å². The van der Waals surface area contributed by atoms with Crippen LogP contribution in [0.4, 0.5) is 0 Å². The van der Waals surface area contributed by atoms with E-state index in [1.54, 1.807) is 0 Å². The summed E-state index contributed by atoms with van der Waals surface area (Å²) in [4.78, 5) is 4.70. The summed E-state index contributed by atoms with van der Waals surface area (Å²) >= 11 is 1.94. The topological polar surface area (TPSA) is 36.1 Å². The third kappa shape index (κ3) is 4.38. The molecule has 0 aromatic rings. The van der Waals surface area contributed by atoms with E-state index in [9.17, 15) is 0 Å². The number of aliphatic imine (C=N–C) groups is 1. The van der Waals surface area contributed by atoms with Gasteiger partial charge >= 0.3 is 0 Å². The van der Waals surface area contributed by atoms with Crippen molar-refractivity contribution in [3.05, 3.63) is 11.8 Å². The van der Waals surface area contributed by atoms with Crippen molar-refractivity contribution < 1.29 is 0 Å². The third-order valence-corrected chi connectivity index (χ3v) is 5.39. The standard InChI is InChI=1S/C16H24N2S/c1-2-3-4-5-14-11-18-16(19-12-14)15-8-6-13(10-17)7-9-15/h11,13,15H,2-9,12H2,1H3/t13-,15-. The van der Waals surface area contributed by atoms with E-state index in [-0.39, 0.29) is 0 Å². The van der Waals surface area contributed by atoms with Gasteiger partial charge in [0.05, 0.1) is 11.1 Å². The van der Waals surface area contributed by atoms with Crippen LogP contribution in [0.2, 0.25) is 0 Å². The van der Waals surface area contributed by atoms with Crippen LogP contribution in [0.5, 0.6) is 0 Å². The van der Waals surface area contributed by atoms with Crippen molar-refractivity contribution in [2.75, 3.05) is 5.75 Å². The molecule has 104 valence electrons. The second-order valence-corrected chi connectivity index (χ2v) is 6.67. The Morgan fingerprint density at radius 1 is 1.32 bits per heavy atom. The molecule has 19 heavy (non-hydrogen) atoms. The fourth-order valence-electron chi connectivity index (χ4n) is 2.83. The average molecular weight is 276 g/mol. The number of thioether (sulfide) groups is 1. The van der Waals surface area contributed by atoms with Gasteiger partial charge in [0.25, 0.3) is 0 Å². The van der Waals surface area contributed by atoms with E-state index in [0.29, 0.717) is 11.8 Å². The number of nitriles is 1. The van der Waals surface area contributed by atoms with Gasteiger partial charge in [0, 0.05) is 23.8 Å². The Balaban J connectivity index is 1.81. The van der Waals surface area contributed by atoms with Crippen molar-refractivity contribution in [3.8, 4) is 6.07 Å². The molecule has 0 saturated heterocycles. The zero-order valence-corrected chi connectivity index (χ0v) is 12.7. The number of unbranched alkanes of at least 4 members (excludes halogenated alkanes) is 2. The highest BCUT2D eigenvalue weighted by atomic mass is 32.2. The van der Waals surface area contributed by atoms with E-state index >= 15 is 0 Å². The highest BCUT2D eigenvalue weighted by Crippen LogP contribution is 2.34. The molecule has 1 aliphatic heterocycles. The molecule has 0 aromatic heterocycles. The zero-order valence-electron chi connectivity index (χ0n) is 11.9. The summed E-state index contributed by atoms with van der Waals surface area (Å²) in [6, 6.07) is 2.40. The first-order valence-corrected chi connectivity index (χ1v) is 8.60. The normalized spacial score (nSPS) is 27.4. The summed E-state index contributed by atoms with van der Waals surface area (Å²) in [6.07, 6.45) is 11.7. The molecule has 0 aromatic carbocycles. The molecule has 1 aliphatic carbocycles. The largest absolute Gasteiger partial charge is 0.254 e. The predicted octanol–water partition coefficient (Wildman–Crippen LogP) is 4.93. The Kier molecular flexibility index (Phi) is 5.97. The molecule has 0 unspecified atom stereocenters. The molecule has 1 heterocycles. The Hall–Kier alpha value is -0.750.